The maximum Gasteiger partial charge on any atom is 0.257 e. The first kappa shape index (κ1) is 9.40. The number of terminal acetylenes is 1. The van der Waals surface area contributed by atoms with Crippen molar-refractivity contribution in [3.05, 3.63) is 24.2 Å². The van der Waals surface area contributed by atoms with Crippen molar-refractivity contribution in [1.82, 2.24) is 4.90 Å². The van der Waals surface area contributed by atoms with Gasteiger partial charge in [0.15, 0.2) is 0 Å². The summed E-state index contributed by atoms with van der Waals surface area (Å²) >= 11 is 0. The van der Waals surface area contributed by atoms with Crippen LogP contribution in [0.1, 0.15) is 17.3 Å². The van der Waals surface area contributed by atoms with Crippen molar-refractivity contribution in [2.75, 3.05) is 13.1 Å². The molecule has 1 rings (SSSR count). The Morgan fingerprint density at radius 1 is 1.77 bits per heavy atom. The zero-order chi connectivity index (χ0) is 9.68. The van der Waals surface area contributed by atoms with Gasteiger partial charge in [0.2, 0.25) is 0 Å². The van der Waals surface area contributed by atoms with E-state index in [1.807, 2.05) is 6.92 Å². The van der Waals surface area contributed by atoms with Crippen molar-refractivity contribution < 1.29 is 9.21 Å². The van der Waals surface area contributed by atoms with E-state index >= 15 is 0 Å². The van der Waals surface area contributed by atoms with E-state index in [-0.39, 0.29) is 5.91 Å². The summed E-state index contributed by atoms with van der Waals surface area (Å²) < 4.78 is 4.81. The average Bonchev–Trinajstić information content (AvgIpc) is 2.65. The molecule has 0 aliphatic carbocycles. The zero-order valence-corrected chi connectivity index (χ0v) is 7.49. The van der Waals surface area contributed by atoms with Crippen LogP contribution in [0.2, 0.25) is 0 Å². The molecule has 1 aromatic rings. The molecule has 0 atom stereocenters. The van der Waals surface area contributed by atoms with Gasteiger partial charge >= 0.3 is 0 Å². The molecule has 0 radical (unpaired) electrons. The minimum atomic E-state index is -0.0887. The molecule has 3 nitrogen and oxygen atoms in total. The fourth-order valence-electron chi connectivity index (χ4n) is 1.01. The summed E-state index contributed by atoms with van der Waals surface area (Å²) in [4.78, 5) is 13.2. The van der Waals surface area contributed by atoms with Crippen LogP contribution < -0.4 is 0 Å². The SMILES string of the molecule is C#CCN(CC)C(=O)c1ccoc1. The van der Waals surface area contributed by atoms with Gasteiger partial charge in [-0.1, -0.05) is 5.92 Å². The van der Waals surface area contributed by atoms with Gasteiger partial charge in [0.25, 0.3) is 5.91 Å². The smallest absolute Gasteiger partial charge is 0.257 e. The van der Waals surface area contributed by atoms with E-state index in [0.29, 0.717) is 18.7 Å². The first-order valence-corrected chi connectivity index (χ1v) is 4.04. The van der Waals surface area contributed by atoms with E-state index in [4.69, 9.17) is 10.8 Å². The molecule has 0 aliphatic rings. The largest absolute Gasteiger partial charge is 0.472 e. The Kier molecular flexibility index (Phi) is 3.15. The summed E-state index contributed by atoms with van der Waals surface area (Å²) in [7, 11) is 0. The van der Waals surface area contributed by atoms with Gasteiger partial charge in [0.1, 0.15) is 6.26 Å². The third-order valence-corrected chi connectivity index (χ3v) is 1.72. The van der Waals surface area contributed by atoms with Crippen LogP contribution in [-0.2, 0) is 0 Å². The molecule has 0 saturated heterocycles. The van der Waals surface area contributed by atoms with Crippen LogP contribution in [-0.4, -0.2) is 23.9 Å². The van der Waals surface area contributed by atoms with Gasteiger partial charge < -0.3 is 9.32 Å². The molecule has 0 spiro atoms. The second-order valence-electron chi connectivity index (χ2n) is 2.54. The normalized spacial score (nSPS) is 9.23. The molecule has 0 unspecified atom stereocenters. The van der Waals surface area contributed by atoms with Gasteiger partial charge in [-0.3, -0.25) is 4.79 Å². The Balaban J connectivity index is 2.72. The van der Waals surface area contributed by atoms with Crippen LogP contribution in [0.25, 0.3) is 0 Å². The minimum Gasteiger partial charge on any atom is -0.472 e. The second-order valence-corrected chi connectivity index (χ2v) is 2.54. The summed E-state index contributed by atoms with van der Waals surface area (Å²) in [6.45, 7) is 2.82. The molecule has 0 saturated carbocycles. The summed E-state index contributed by atoms with van der Waals surface area (Å²) in [6, 6.07) is 1.63. The van der Waals surface area contributed by atoms with Crippen LogP contribution in [0.15, 0.2) is 23.0 Å². The summed E-state index contributed by atoms with van der Waals surface area (Å²) in [6.07, 6.45) is 8.02. The van der Waals surface area contributed by atoms with Crippen molar-refractivity contribution in [2.24, 2.45) is 0 Å². The average molecular weight is 177 g/mol. The molecule has 1 aromatic heterocycles. The van der Waals surface area contributed by atoms with Gasteiger partial charge in [-0.2, -0.15) is 0 Å². The number of carbonyl (C=O) groups excluding carboxylic acids is 1. The first-order valence-electron chi connectivity index (χ1n) is 4.04. The Hall–Kier alpha value is -1.69. The summed E-state index contributed by atoms with van der Waals surface area (Å²) in [5.74, 6) is 2.35. The number of hydrogen-bond acceptors (Lipinski definition) is 2. The van der Waals surface area contributed by atoms with Gasteiger partial charge in [-0.25, -0.2) is 0 Å². The first-order chi connectivity index (χ1) is 6.29. The van der Waals surface area contributed by atoms with Crippen molar-refractivity contribution >= 4 is 5.91 Å². The quantitative estimate of drug-likeness (QED) is 0.653. The van der Waals surface area contributed by atoms with Crippen molar-refractivity contribution in [3.63, 3.8) is 0 Å². The topological polar surface area (TPSA) is 33.5 Å². The fourth-order valence-corrected chi connectivity index (χ4v) is 1.01. The predicted molar refractivity (Wildman–Crippen MR) is 49.1 cm³/mol. The molecule has 3 heteroatoms. The van der Waals surface area contributed by atoms with E-state index in [0.717, 1.165) is 0 Å². The lowest BCUT2D eigenvalue weighted by Crippen LogP contribution is -2.30. The van der Waals surface area contributed by atoms with Crippen molar-refractivity contribution in [3.8, 4) is 12.3 Å². The second kappa shape index (κ2) is 4.36. The highest BCUT2D eigenvalue weighted by Crippen LogP contribution is 2.04. The molecular weight excluding hydrogens is 166 g/mol. The standard InChI is InChI=1S/C10H11NO2/c1-3-6-11(4-2)10(12)9-5-7-13-8-9/h1,5,7-8H,4,6H2,2H3. The molecule has 68 valence electrons. The fraction of sp³-hybridized carbons (Fsp3) is 0.300. The third kappa shape index (κ3) is 2.12. The number of carbonyl (C=O) groups is 1. The summed E-state index contributed by atoms with van der Waals surface area (Å²) in [5, 5.41) is 0. The Bertz CT molecular complexity index is 308. The molecular formula is C10H11NO2. The van der Waals surface area contributed by atoms with Crippen molar-refractivity contribution in [1.29, 1.82) is 0 Å². The van der Waals surface area contributed by atoms with Crippen LogP contribution in [0.4, 0.5) is 0 Å². The van der Waals surface area contributed by atoms with E-state index in [1.54, 1.807) is 11.0 Å². The Labute approximate surface area is 77.3 Å². The van der Waals surface area contributed by atoms with Gasteiger partial charge in [-0.15, -0.1) is 6.42 Å². The zero-order valence-electron chi connectivity index (χ0n) is 7.49. The molecule has 0 fully saturated rings. The minimum absolute atomic E-state index is 0.0887. The van der Waals surface area contributed by atoms with Crippen LogP contribution in [0.3, 0.4) is 0 Å². The number of amides is 1. The highest BCUT2D eigenvalue weighted by molar-refractivity contribution is 5.93. The van der Waals surface area contributed by atoms with Crippen LogP contribution >= 0.6 is 0 Å². The highest BCUT2D eigenvalue weighted by atomic mass is 16.3. The molecule has 0 aliphatic heterocycles. The Morgan fingerprint density at radius 3 is 3.00 bits per heavy atom. The van der Waals surface area contributed by atoms with Crippen molar-refractivity contribution in [2.45, 2.75) is 6.92 Å². The molecule has 1 amide bonds. The monoisotopic (exact) mass is 177 g/mol. The lowest BCUT2D eigenvalue weighted by Gasteiger charge is -2.16. The van der Waals surface area contributed by atoms with Gasteiger partial charge in [-0.05, 0) is 13.0 Å². The number of nitrogens with zero attached hydrogens (tertiary/aromatic N) is 1. The number of rotatable bonds is 3. The van der Waals surface area contributed by atoms with E-state index in [2.05, 4.69) is 5.92 Å². The van der Waals surface area contributed by atoms with Gasteiger partial charge in [0, 0.05) is 6.54 Å². The molecule has 1 heterocycles. The Morgan fingerprint density at radius 2 is 2.54 bits per heavy atom. The number of furan rings is 1. The molecule has 13 heavy (non-hydrogen) atoms. The van der Waals surface area contributed by atoms with Crippen LogP contribution in [0.5, 0.6) is 0 Å². The van der Waals surface area contributed by atoms with E-state index in [1.165, 1.54) is 12.5 Å². The van der Waals surface area contributed by atoms with Crippen LogP contribution in [0, 0.1) is 12.3 Å². The summed E-state index contributed by atoms with van der Waals surface area (Å²) in [5.41, 5.74) is 0.539. The maximum absolute atomic E-state index is 11.6. The molecule has 0 aromatic carbocycles. The highest BCUT2D eigenvalue weighted by Gasteiger charge is 2.13. The third-order valence-electron chi connectivity index (χ3n) is 1.72. The van der Waals surface area contributed by atoms with E-state index < -0.39 is 0 Å². The molecule has 0 bridgehead atoms. The van der Waals surface area contributed by atoms with E-state index in [9.17, 15) is 4.79 Å². The lowest BCUT2D eigenvalue weighted by molar-refractivity contribution is 0.0784. The maximum atomic E-state index is 11.6. The molecule has 0 N–H and O–H groups in total. The number of hydrogen-bond donors (Lipinski definition) is 0. The van der Waals surface area contributed by atoms with Gasteiger partial charge in [0.05, 0.1) is 18.4 Å². The predicted octanol–water partition coefficient (Wildman–Crippen LogP) is 1.37. The lowest BCUT2D eigenvalue weighted by atomic mass is 10.3.